The monoisotopic (exact) mass is 467 g/mol. The molecule has 0 radical (unpaired) electrons. The largest absolute Gasteiger partial charge is 0.316 e. The molecular weight excluding hydrogens is 450 g/mol. The van der Waals surface area contributed by atoms with Crippen LogP contribution in [0.5, 0.6) is 0 Å². The van der Waals surface area contributed by atoms with Gasteiger partial charge in [-0.25, -0.2) is 9.97 Å². The number of hydrogen-bond acceptors (Lipinski definition) is 5. The third-order valence-electron chi connectivity index (χ3n) is 5.68. The molecule has 0 aliphatic rings. The second kappa shape index (κ2) is 7.61. The van der Waals surface area contributed by atoms with Gasteiger partial charge in [0.25, 0.3) is 5.56 Å². The fraction of sp³-hybridized carbons (Fsp3) is 0.0400. The predicted octanol–water partition coefficient (Wildman–Crippen LogP) is 6.00. The minimum atomic E-state index is -0.254. The number of H-pyrrole nitrogens is 2. The maximum atomic E-state index is 12.8. The Balaban J connectivity index is 1.68. The Morgan fingerprint density at radius 2 is 1.64 bits per heavy atom. The van der Waals surface area contributed by atoms with E-state index in [0.717, 1.165) is 43.6 Å². The van der Waals surface area contributed by atoms with Crippen LogP contribution < -0.4 is 5.56 Å². The molecule has 0 saturated heterocycles. The molecule has 0 saturated carbocycles. The SMILES string of the molecule is Cc1c(-c2ccnc3[nH]c(=S)[nH]c(=O)c23)sc2nc(-c3ccccc3)c(-c3ccccc3)n12. The molecule has 0 spiro atoms. The molecule has 0 unspecified atom stereocenters. The number of aromatic nitrogens is 5. The molecule has 4 aromatic heterocycles. The number of fused-ring (bicyclic) bond motifs is 2. The van der Waals surface area contributed by atoms with Crippen LogP contribution in [0.25, 0.3) is 48.9 Å². The van der Waals surface area contributed by atoms with Crippen LogP contribution in [0.2, 0.25) is 0 Å². The molecule has 0 amide bonds. The number of pyridine rings is 1. The number of imidazole rings is 1. The fourth-order valence-corrected chi connectivity index (χ4v) is 5.58. The van der Waals surface area contributed by atoms with Gasteiger partial charge in [-0.15, -0.1) is 0 Å². The Morgan fingerprint density at radius 3 is 2.36 bits per heavy atom. The summed E-state index contributed by atoms with van der Waals surface area (Å²) in [6.45, 7) is 2.06. The first-order chi connectivity index (χ1) is 16.1. The molecule has 4 heterocycles. The van der Waals surface area contributed by atoms with Gasteiger partial charge in [0.1, 0.15) is 5.65 Å². The quantitative estimate of drug-likeness (QED) is 0.313. The Kier molecular flexibility index (Phi) is 4.56. The second-order valence-corrected chi connectivity index (χ2v) is 9.05. The lowest BCUT2D eigenvalue weighted by Crippen LogP contribution is -2.10. The lowest BCUT2D eigenvalue weighted by atomic mass is 10.0. The fourth-order valence-electron chi connectivity index (χ4n) is 4.24. The molecule has 33 heavy (non-hydrogen) atoms. The van der Waals surface area contributed by atoms with Crippen molar-refractivity contribution >= 4 is 39.5 Å². The van der Waals surface area contributed by atoms with E-state index in [1.165, 1.54) is 0 Å². The Hall–Kier alpha value is -3.88. The number of aromatic amines is 2. The average molecular weight is 468 g/mol. The van der Waals surface area contributed by atoms with E-state index in [9.17, 15) is 4.79 Å². The standard InChI is InChI=1S/C25H17N5OS2/c1-14-21(17-12-13-26-22-18(17)23(31)29-24(32)28-22)33-25-27-19(15-8-4-2-5-9-15)20(30(14)25)16-10-6-3-7-11-16/h2-13H,1H3,(H2,26,28,29,31,32). The van der Waals surface area contributed by atoms with Crippen molar-refractivity contribution in [2.75, 3.05) is 0 Å². The zero-order valence-corrected chi connectivity index (χ0v) is 19.1. The summed E-state index contributed by atoms with van der Waals surface area (Å²) < 4.78 is 2.44. The Bertz CT molecular complexity index is 1760. The van der Waals surface area contributed by atoms with E-state index in [-0.39, 0.29) is 10.3 Å². The van der Waals surface area contributed by atoms with Crippen LogP contribution >= 0.6 is 23.6 Å². The highest BCUT2D eigenvalue weighted by Gasteiger charge is 2.23. The first-order valence-corrected chi connectivity index (χ1v) is 11.6. The lowest BCUT2D eigenvalue weighted by Gasteiger charge is -2.08. The molecule has 6 aromatic rings. The van der Waals surface area contributed by atoms with Gasteiger partial charge in [-0.2, -0.15) is 0 Å². The summed E-state index contributed by atoms with van der Waals surface area (Å²) in [4.78, 5) is 29.6. The van der Waals surface area contributed by atoms with E-state index in [1.54, 1.807) is 17.5 Å². The van der Waals surface area contributed by atoms with E-state index < -0.39 is 0 Å². The number of nitrogens with one attached hydrogen (secondary N) is 2. The highest BCUT2D eigenvalue weighted by molar-refractivity contribution is 7.71. The molecule has 0 aliphatic heterocycles. The van der Waals surface area contributed by atoms with E-state index >= 15 is 0 Å². The summed E-state index contributed by atoms with van der Waals surface area (Å²) in [5.41, 5.74) is 6.14. The van der Waals surface area contributed by atoms with Gasteiger partial charge >= 0.3 is 0 Å². The van der Waals surface area contributed by atoms with Gasteiger partial charge in [0.2, 0.25) is 0 Å². The summed E-state index contributed by atoms with van der Waals surface area (Å²) in [6.07, 6.45) is 1.69. The van der Waals surface area contributed by atoms with Crippen LogP contribution in [-0.4, -0.2) is 24.3 Å². The number of nitrogens with zero attached hydrogens (tertiary/aromatic N) is 3. The second-order valence-electron chi connectivity index (χ2n) is 7.67. The number of hydrogen-bond donors (Lipinski definition) is 2. The van der Waals surface area contributed by atoms with Crippen molar-refractivity contribution in [1.82, 2.24) is 24.3 Å². The van der Waals surface area contributed by atoms with Gasteiger partial charge in [-0.1, -0.05) is 72.0 Å². The van der Waals surface area contributed by atoms with E-state index in [1.807, 2.05) is 42.5 Å². The summed E-state index contributed by atoms with van der Waals surface area (Å²) >= 11 is 6.68. The first-order valence-electron chi connectivity index (χ1n) is 10.4. The molecule has 0 atom stereocenters. The third kappa shape index (κ3) is 3.14. The summed E-state index contributed by atoms with van der Waals surface area (Å²) in [5.74, 6) is 0. The van der Waals surface area contributed by atoms with Gasteiger partial charge in [0.05, 0.1) is 21.7 Å². The number of benzene rings is 2. The van der Waals surface area contributed by atoms with Gasteiger partial charge < -0.3 is 4.98 Å². The van der Waals surface area contributed by atoms with Crippen molar-refractivity contribution in [1.29, 1.82) is 0 Å². The van der Waals surface area contributed by atoms with Crippen molar-refractivity contribution < 1.29 is 0 Å². The van der Waals surface area contributed by atoms with Gasteiger partial charge in [0.15, 0.2) is 9.73 Å². The highest BCUT2D eigenvalue weighted by atomic mass is 32.1. The van der Waals surface area contributed by atoms with Gasteiger partial charge in [-0.3, -0.25) is 14.2 Å². The van der Waals surface area contributed by atoms with Crippen LogP contribution in [0.4, 0.5) is 0 Å². The summed E-state index contributed by atoms with van der Waals surface area (Å²) in [6, 6.07) is 22.3. The zero-order valence-electron chi connectivity index (χ0n) is 17.5. The van der Waals surface area contributed by atoms with Gasteiger partial charge in [0, 0.05) is 28.6 Å². The van der Waals surface area contributed by atoms with Crippen LogP contribution in [0.1, 0.15) is 5.69 Å². The molecule has 0 aliphatic carbocycles. The topological polar surface area (TPSA) is 78.8 Å². The molecule has 0 bridgehead atoms. The number of rotatable bonds is 3. The van der Waals surface area contributed by atoms with Crippen molar-refractivity contribution in [2.24, 2.45) is 0 Å². The maximum absolute atomic E-state index is 12.8. The number of thiazole rings is 1. The van der Waals surface area contributed by atoms with E-state index in [4.69, 9.17) is 17.2 Å². The summed E-state index contributed by atoms with van der Waals surface area (Å²) in [7, 11) is 0. The molecule has 2 aromatic carbocycles. The molecule has 0 fully saturated rings. The molecule has 2 N–H and O–H groups in total. The van der Waals surface area contributed by atoms with Crippen molar-refractivity contribution in [3.63, 3.8) is 0 Å². The molecule has 160 valence electrons. The predicted molar refractivity (Wildman–Crippen MR) is 135 cm³/mol. The Morgan fingerprint density at radius 1 is 0.939 bits per heavy atom. The van der Waals surface area contributed by atoms with E-state index in [2.05, 4.69) is 50.5 Å². The minimum absolute atomic E-state index is 0.254. The zero-order chi connectivity index (χ0) is 22.5. The molecule has 8 heteroatoms. The van der Waals surface area contributed by atoms with Crippen molar-refractivity contribution in [2.45, 2.75) is 6.92 Å². The average Bonchev–Trinajstić information content (AvgIpc) is 3.36. The highest BCUT2D eigenvalue weighted by Crippen LogP contribution is 2.41. The molecule has 6 rings (SSSR count). The van der Waals surface area contributed by atoms with Gasteiger partial charge in [-0.05, 0) is 25.2 Å². The molecule has 6 nitrogen and oxygen atoms in total. The third-order valence-corrected chi connectivity index (χ3v) is 7.06. The molecular formula is C25H17N5OS2. The van der Waals surface area contributed by atoms with Crippen LogP contribution in [0.15, 0.2) is 77.7 Å². The normalized spacial score (nSPS) is 11.4. The minimum Gasteiger partial charge on any atom is -0.316 e. The summed E-state index contributed by atoms with van der Waals surface area (Å²) in [5, 5.41) is 0.489. The van der Waals surface area contributed by atoms with Crippen LogP contribution in [-0.2, 0) is 0 Å². The smallest absolute Gasteiger partial charge is 0.261 e. The van der Waals surface area contributed by atoms with Crippen LogP contribution in [0.3, 0.4) is 0 Å². The Labute approximate surface area is 197 Å². The van der Waals surface area contributed by atoms with E-state index in [0.29, 0.717) is 11.0 Å². The maximum Gasteiger partial charge on any atom is 0.261 e. The number of aryl methyl sites for hydroxylation is 1. The van der Waals surface area contributed by atoms with Crippen LogP contribution in [0, 0.1) is 11.7 Å². The van der Waals surface area contributed by atoms with Crippen molar-refractivity contribution in [3.8, 4) is 33.0 Å². The first kappa shape index (κ1) is 19.8. The lowest BCUT2D eigenvalue weighted by molar-refractivity contribution is 1.11. The van der Waals surface area contributed by atoms with Crippen molar-refractivity contribution in [3.05, 3.63) is 93.7 Å².